The van der Waals surface area contributed by atoms with Crippen LogP contribution in [0.2, 0.25) is 0 Å². The van der Waals surface area contributed by atoms with Crippen molar-refractivity contribution in [1.82, 2.24) is 0 Å². The van der Waals surface area contributed by atoms with Crippen molar-refractivity contribution in [2.45, 2.75) is 5.92 Å². The number of carbonyl (C=O) groups is 1. The Morgan fingerprint density at radius 2 is 0.926 bits per heavy atom. The second kappa shape index (κ2) is 8.09. The van der Waals surface area contributed by atoms with Crippen LogP contribution in [0.25, 0.3) is 0 Å². The summed E-state index contributed by atoms with van der Waals surface area (Å²) in [7, 11) is 8.18. The molecule has 3 heteroatoms. The number of carbonyl (C=O) groups excluding carboxylic acids is 1. The van der Waals surface area contributed by atoms with Gasteiger partial charge in [0.15, 0.2) is 0 Å². The Morgan fingerprint density at radius 3 is 1.22 bits per heavy atom. The molecule has 0 aliphatic rings. The number of anilines is 2. The summed E-state index contributed by atoms with van der Waals surface area (Å²) in [5.41, 5.74) is 6.70. The summed E-state index contributed by atoms with van der Waals surface area (Å²) in [4.78, 5) is 15.2. The molecule has 0 unspecified atom stereocenters. The van der Waals surface area contributed by atoms with Crippen LogP contribution in [-0.2, 0) is 0 Å². The molecule has 0 amide bonds. The summed E-state index contributed by atoms with van der Waals surface area (Å²) < 4.78 is 0. The molecule has 0 spiro atoms. The molecule has 0 N–H and O–H groups in total. The van der Waals surface area contributed by atoms with Gasteiger partial charge in [-0.05, 0) is 41.0 Å². The van der Waals surface area contributed by atoms with E-state index < -0.39 is 0 Å². The molecule has 0 radical (unpaired) electrons. The van der Waals surface area contributed by atoms with Crippen LogP contribution < -0.4 is 9.80 Å². The van der Waals surface area contributed by atoms with E-state index in [0.717, 1.165) is 6.29 Å². The summed E-state index contributed by atoms with van der Waals surface area (Å²) in [6.07, 6.45) is 0.885. The molecule has 0 saturated carbocycles. The Balaban J connectivity index is 2.05. The molecule has 0 atom stereocenters. The lowest BCUT2D eigenvalue weighted by atomic mass is 9.84. The molecule has 0 fully saturated rings. The minimum absolute atomic E-state index is 0.123. The first-order chi connectivity index (χ1) is 13.0. The standard InChI is InChI=1S/C24H26N2O/c1-25(2)22-13-9-20(10-14-22)24(19-7-5-18(17-27)6-8-19)21-11-15-23(16-12-21)26(3)4/h5-17,24H,1-4H3. The van der Waals surface area contributed by atoms with E-state index in [4.69, 9.17) is 0 Å². The topological polar surface area (TPSA) is 23.6 Å². The zero-order chi connectivity index (χ0) is 19.4. The van der Waals surface area contributed by atoms with Gasteiger partial charge < -0.3 is 9.80 Å². The Kier molecular flexibility index (Phi) is 5.60. The molecule has 3 rings (SSSR count). The van der Waals surface area contributed by atoms with Gasteiger partial charge in [0.1, 0.15) is 6.29 Å². The molecule has 138 valence electrons. The van der Waals surface area contributed by atoms with Crippen molar-refractivity contribution in [2.75, 3.05) is 38.0 Å². The van der Waals surface area contributed by atoms with Crippen molar-refractivity contribution in [3.63, 3.8) is 0 Å². The van der Waals surface area contributed by atoms with E-state index in [1.807, 2.05) is 52.5 Å². The van der Waals surface area contributed by atoms with Crippen LogP contribution in [-0.4, -0.2) is 34.5 Å². The summed E-state index contributed by atoms with van der Waals surface area (Å²) in [5, 5.41) is 0. The third-order valence-electron chi connectivity index (χ3n) is 4.89. The lowest BCUT2D eigenvalue weighted by Gasteiger charge is -2.21. The van der Waals surface area contributed by atoms with E-state index in [1.54, 1.807) is 0 Å². The molecule has 27 heavy (non-hydrogen) atoms. The van der Waals surface area contributed by atoms with E-state index in [2.05, 4.69) is 58.3 Å². The molecular formula is C24H26N2O. The van der Waals surface area contributed by atoms with Crippen molar-refractivity contribution >= 4 is 17.7 Å². The Bertz CT molecular complexity index is 828. The van der Waals surface area contributed by atoms with E-state index in [9.17, 15) is 4.79 Å². The predicted octanol–water partition coefficient (Wildman–Crippen LogP) is 4.81. The number of nitrogens with zero attached hydrogens (tertiary/aromatic N) is 2. The first kappa shape index (κ1) is 18.7. The van der Waals surface area contributed by atoms with Gasteiger partial charge in [0, 0.05) is 51.0 Å². The smallest absolute Gasteiger partial charge is 0.150 e. The molecule has 0 saturated heterocycles. The zero-order valence-electron chi connectivity index (χ0n) is 16.4. The summed E-state index contributed by atoms with van der Waals surface area (Å²) in [6, 6.07) is 25.2. The monoisotopic (exact) mass is 358 g/mol. The highest BCUT2D eigenvalue weighted by Gasteiger charge is 2.17. The van der Waals surface area contributed by atoms with Gasteiger partial charge in [-0.3, -0.25) is 4.79 Å². The molecule has 0 bridgehead atoms. The normalized spacial score (nSPS) is 10.7. The molecule has 3 aromatic rings. The zero-order valence-corrected chi connectivity index (χ0v) is 16.4. The largest absolute Gasteiger partial charge is 0.378 e. The quantitative estimate of drug-likeness (QED) is 0.467. The third-order valence-corrected chi connectivity index (χ3v) is 4.89. The van der Waals surface area contributed by atoms with E-state index >= 15 is 0 Å². The summed E-state index contributed by atoms with van der Waals surface area (Å²) in [5.74, 6) is 0.123. The fourth-order valence-electron chi connectivity index (χ4n) is 3.27. The van der Waals surface area contributed by atoms with Crippen LogP contribution >= 0.6 is 0 Å². The van der Waals surface area contributed by atoms with Crippen LogP contribution in [0.5, 0.6) is 0 Å². The predicted molar refractivity (Wildman–Crippen MR) is 114 cm³/mol. The van der Waals surface area contributed by atoms with Crippen LogP contribution in [0.4, 0.5) is 11.4 Å². The van der Waals surface area contributed by atoms with Crippen molar-refractivity contribution in [2.24, 2.45) is 0 Å². The van der Waals surface area contributed by atoms with E-state index in [1.165, 1.54) is 28.1 Å². The van der Waals surface area contributed by atoms with Crippen molar-refractivity contribution in [1.29, 1.82) is 0 Å². The van der Waals surface area contributed by atoms with Gasteiger partial charge in [-0.15, -0.1) is 0 Å². The number of hydrogen-bond donors (Lipinski definition) is 0. The SMILES string of the molecule is CN(C)c1ccc(C(c2ccc(C=O)cc2)c2ccc(N(C)C)cc2)cc1. The summed E-state index contributed by atoms with van der Waals surface area (Å²) >= 11 is 0. The van der Waals surface area contributed by atoms with Gasteiger partial charge in [-0.1, -0.05) is 48.5 Å². The van der Waals surface area contributed by atoms with Crippen molar-refractivity contribution in [3.8, 4) is 0 Å². The van der Waals surface area contributed by atoms with Gasteiger partial charge in [0.05, 0.1) is 0 Å². The number of aldehydes is 1. The maximum Gasteiger partial charge on any atom is 0.150 e. The maximum absolute atomic E-state index is 11.0. The van der Waals surface area contributed by atoms with E-state index in [0.29, 0.717) is 5.56 Å². The molecule has 3 aromatic carbocycles. The molecular weight excluding hydrogens is 332 g/mol. The van der Waals surface area contributed by atoms with Crippen LogP contribution in [0.1, 0.15) is 33.0 Å². The lowest BCUT2D eigenvalue weighted by molar-refractivity contribution is 0.112. The van der Waals surface area contributed by atoms with Gasteiger partial charge in [-0.2, -0.15) is 0 Å². The van der Waals surface area contributed by atoms with Gasteiger partial charge >= 0.3 is 0 Å². The van der Waals surface area contributed by atoms with Crippen LogP contribution in [0.3, 0.4) is 0 Å². The van der Waals surface area contributed by atoms with Crippen LogP contribution in [0.15, 0.2) is 72.8 Å². The fraction of sp³-hybridized carbons (Fsp3) is 0.208. The van der Waals surface area contributed by atoms with Gasteiger partial charge in [-0.25, -0.2) is 0 Å². The number of rotatable bonds is 6. The lowest BCUT2D eigenvalue weighted by Crippen LogP contribution is -2.10. The van der Waals surface area contributed by atoms with E-state index in [-0.39, 0.29) is 5.92 Å². The fourth-order valence-corrected chi connectivity index (χ4v) is 3.27. The van der Waals surface area contributed by atoms with Crippen LogP contribution in [0, 0.1) is 0 Å². The molecule has 0 aliphatic carbocycles. The highest BCUT2D eigenvalue weighted by Crippen LogP contribution is 2.33. The average Bonchev–Trinajstić information content (AvgIpc) is 2.69. The maximum atomic E-state index is 11.0. The first-order valence-corrected chi connectivity index (χ1v) is 9.09. The molecule has 0 heterocycles. The van der Waals surface area contributed by atoms with Crippen molar-refractivity contribution < 1.29 is 4.79 Å². The minimum Gasteiger partial charge on any atom is -0.378 e. The molecule has 0 aromatic heterocycles. The Hall–Kier alpha value is -3.07. The van der Waals surface area contributed by atoms with Gasteiger partial charge in [0.25, 0.3) is 0 Å². The molecule has 0 aliphatic heterocycles. The highest BCUT2D eigenvalue weighted by molar-refractivity contribution is 5.74. The second-order valence-corrected chi connectivity index (χ2v) is 7.19. The van der Waals surface area contributed by atoms with Gasteiger partial charge in [0.2, 0.25) is 0 Å². The Morgan fingerprint density at radius 1 is 0.593 bits per heavy atom. The highest BCUT2D eigenvalue weighted by atomic mass is 16.1. The third kappa shape index (κ3) is 4.20. The minimum atomic E-state index is 0.123. The second-order valence-electron chi connectivity index (χ2n) is 7.19. The average molecular weight is 358 g/mol. The number of benzene rings is 3. The van der Waals surface area contributed by atoms with Crippen molar-refractivity contribution in [3.05, 3.63) is 95.1 Å². The molecule has 3 nitrogen and oxygen atoms in total. The Labute approximate surface area is 161 Å². The number of hydrogen-bond acceptors (Lipinski definition) is 3. The summed E-state index contributed by atoms with van der Waals surface area (Å²) in [6.45, 7) is 0. The first-order valence-electron chi connectivity index (χ1n) is 9.09.